The average Bonchev–Trinajstić information content (AvgIpc) is 2.24. The number of aliphatic imine (C=N–C) groups is 1. The predicted molar refractivity (Wildman–Crippen MR) is 46.3 cm³/mol. The smallest absolute Gasteiger partial charge is 0.166 e. The Morgan fingerprint density at radius 2 is 2.25 bits per heavy atom. The highest BCUT2D eigenvalue weighted by atomic mass is 16.3. The highest BCUT2D eigenvalue weighted by Crippen LogP contribution is 2.17. The lowest BCUT2D eigenvalue weighted by molar-refractivity contribution is -0.113. The first-order valence-corrected chi connectivity index (χ1v) is 3.69. The van der Waals surface area contributed by atoms with E-state index in [0.717, 1.165) is 0 Å². The van der Waals surface area contributed by atoms with Crippen LogP contribution in [0.5, 0.6) is 0 Å². The number of carbonyl (C=O) groups is 1. The summed E-state index contributed by atoms with van der Waals surface area (Å²) in [5.41, 5.74) is 0.347. The van der Waals surface area contributed by atoms with Crippen LogP contribution in [0.3, 0.4) is 0 Å². The average molecular weight is 168 g/mol. The molecule has 0 saturated heterocycles. The number of hydrogen-bond acceptors (Lipinski definition) is 3. The van der Waals surface area contributed by atoms with E-state index >= 15 is 0 Å². The second-order valence-corrected chi connectivity index (χ2v) is 2.78. The van der Waals surface area contributed by atoms with Crippen LogP contribution in [-0.4, -0.2) is 42.3 Å². The number of hydrogen-bond donors (Lipinski definition) is 1. The third kappa shape index (κ3) is 1.20. The van der Waals surface area contributed by atoms with Crippen molar-refractivity contribution in [1.82, 2.24) is 4.90 Å². The number of Topliss-reactive ketones (excluding diaryl/α,β-unsaturated/α-hetero) is 1. The molecule has 4 heteroatoms. The number of carbonyl (C=O) groups excluding carboxylic acids is 1. The zero-order valence-electron chi connectivity index (χ0n) is 7.46. The maximum Gasteiger partial charge on any atom is 0.166 e. The maximum atomic E-state index is 11.0. The molecule has 0 radical (unpaired) electrons. The Morgan fingerprint density at radius 1 is 1.67 bits per heavy atom. The van der Waals surface area contributed by atoms with Gasteiger partial charge in [0.25, 0.3) is 0 Å². The number of amidine groups is 1. The van der Waals surface area contributed by atoms with E-state index in [1.54, 1.807) is 19.0 Å². The molecule has 1 aliphatic rings. The summed E-state index contributed by atoms with van der Waals surface area (Å²) in [6, 6.07) is 0. The number of ketones is 1. The Kier molecular flexibility index (Phi) is 2.17. The van der Waals surface area contributed by atoms with Crippen LogP contribution in [0.15, 0.2) is 16.3 Å². The van der Waals surface area contributed by atoms with Crippen LogP contribution in [0.25, 0.3) is 0 Å². The molecule has 1 rings (SSSR count). The van der Waals surface area contributed by atoms with Crippen molar-refractivity contribution >= 4 is 11.6 Å². The number of aliphatic hydroxyl groups is 1. The fourth-order valence-corrected chi connectivity index (χ4v) is 1.34. The lowest BCUT2D eigenvalue weighted by Gasteiger charge is -2.11. The molecule has 0 bridgehead atoms. The van der Waals surface area contributed by atoms with E-state index in [0.29, 0.717) is 18.0 Å². The van der Waals surface area contributed by atoms with E-state index in [1.165, 1.54) is 6.92 Å². The summed E-state index contributed by atoms with van der Waals surface area (Å²) in [5.74, 6) is 0.544. The molecule has 0 aliphatic carbocycles. The van der Waals surface area contributed by atoms with Crippen molar-refractivity contribution in [3.8, 4) is 0 Å². The number of rotatable bonds is 1. The molecule has 0 saturated carbocycles. The molecule has 0 atom stereocenters. The monoisotopic (exact) mass is 168 g/mol. The van der Waals surface area contributed by atoms with E-state index in [1.807, 2.05) is 0 Å². The minimum absolute atomic E-state index is 0.116. The summed E-state index contributed by atoms with van der Waals surface area (Å²) >= 11 is 0. The van der Waals surface area contributed by atoms with Gasteiger partial charge >= 0.3 is 0 Å². The second kappa shape index (κ2) is 2.97. The standard InChI is InChI=1S/C8H12N2O2/c1-5(11)7-6(12)4-10(3)8(7)9-2/h12H,4H2,1-3H3. The lowest BCUT2D eigenvalue weighted by Crippen LogP contribution is -2.23. The second-order valence-electron chi connectivity index (χ2n) is 2.78. The molecule has 0 aromatic rings. The summed E-state index contributed by atoms with van der Waals surface area (Å²) in [6.07, 6.45) is 0. The summed E-state index contributed by atoms with van der Waals surface area (Å²) in [4.78, 5) is 16.7. The van der Waals surface area contributed by atoms with Gasteiger partial charge in [-0.1, -0.05) is 0 Å². The molecule has 0 amide bonds. The van der Waals surface area contributed by atoms with Crippen molar-refractivity contribution in [2.75, 3.05) is 20.6 Å². The molecule has 12 heavy (non-hydrogen) atoms. The van der Waals surface area contributed by atoms with Crippen LogP contribution in [0.4, 0.5) is 0 Å². The van der Waals surface area contributed by atoms with Crippen LogP contribution in [0, 0.1) is 0 Å². The van der Waals surface area contributed by atoms with Gasteiger partial charge in [0.2, 0.25) is 0 Å². The van der Waals surface area contributed by atoms with Crippen LogP contribution >= 0.6 is 0 Å². The molecular formula is C8H12N2O2. The summed E-state index contributed by atoms with van der Waals surface area (Å²) in [7, 11) is 3.39. The minimum Gasteiger partial charge on any atom is -0.510 e. The topological polar surface area (TPSA) is 52.9 Å². The predicted octanol–water partition coefficient (Wildman–Crippen LogP) is 0.361. The van der Waals surface area contributed by atoms with Gasteiger partial charge in [-0.3, -0.25) is 9.79 Å². The van der Waals surface area contributed by atoms with Crippen molar-refractivity contribution in [3.63, 3.8) is 0 Å². The molecule has 66 valence electrons. The van der Waals surface area contributed by atoms with Crippen LogP contribution in [-0.2, 0) is 4.79 Å². The Labute approximate surface area is 71.2 Å². The largest absolute Gasteiger partial charge is 0.510 e. The SMILES string of the molecule is CN=C1C(C(C)=O)=C(O)CN1C. The summed E-state index contributed by atoms with van der Waals surface area (Å²) in [5, 5.41) is 9.37. The van der Waals surface area contributed by atoms with Crippen molar-refractivity contribution in [2.24, 2.45) is 4.99 Å². The van der Waals surface area contributed by atoms with Crippen molar-refractivity contribution in [1.29, 1.82) is 0 Å². The third-order valence-corrected chi connectivity index (χ3v) is 1.82. The minimum atomic E-state index is -0.141. The van der Waals surface area contributed by atoms with Gasteiger partial charge in [0, 0.05) is 14.1 Å². The molecule has 0 spiro atoms. The highest BCUT2D eigenvalue weighted by molar-refractivity contribution is 6.22. The van der Waals surface area contributed by atoms with Crippen molar-refractivity contribution < 1.29 is 9.90 Å². The number of aliphatic hydroxyl groups excluding tert-OH is 1. The molecule has 4 nitrogen and oxygen atoms in total. The Bertz CT molecular complexity index is 279. The van der Waals surface area contributed by atoms with Crippen molar-refractivity contribution in [3.05, 3.63) is 11.3 Å². The van der Waals surface area contributed by atoms with Gasteiger partial charge in [0.05, 0.1) is 12.1 Å². The quantitative estimate of drug-likeness (QED) is 0.615. The first kappa shape index (κ1) is 8.77. The zero-order chi connectivity index (χ0) is 9.30. The Hall–Kier alpha value is -1.32. The van der Waals surface area contributed by atoms with E-state index in [4.69, 9.17) is 0 Å². The number of likely N-dealkylation sites (N-methyl/N-ethyl adjacent to an activating group) is 1. The summed E-state index contributed by atoms with van der Waals surface area (Å²) < 4.78 is 0. The molecule has 0 aromatic carbocycles. The normalized spacial score (nSPS) is 20.9. The van der Waals surface area contributed by atoms with Crippen LogP contribution < -0.4 is 0 Å². The fourth-order valence-electron chi connectivity index (χ4n) is 1.34. The molecule has 0 fully saturated rings. The van der Waals surface area contributed by atoms with Gasteiger partial charge in [-0.2, -0.15) is 0 Å². The first-order chi connectivity index (χ1) is 5.57. The fraction of sp³-hybridized carbons (Fsp3) is 0.500. The van der Waals surface area contributed by atoms with Gasteiger partial charge in [-0.25, -0.2) is 0 Å². The lowest BCUT2D eigenvalue weighted by atomic mass is 10.2. The third-order valence-electron chi connectivity index (χ3n) is 1.82. The molecule has 0 unspecified atom stereocenters. The Balaban J connectivity index is 3.10. The first-order valence-electron chi connectivity index (χ1n) is 3.69. The molecule has 1 N–H and O–H groups in total. The van der Waals surface area contributed by atoms with E-state index in [9.17, 15) is 9.90 Å². The van der Waals surface area contributed by atoms with Gasteiger partial charge in [-0.05, 0) is 6.92 Å². The maximum absolute atomic E-state index is 11.0. The molecule has 0 aromatic heterocycles. The molecule has 1 heterocycles. The zero-order valence-corrected chi connectivity index (χ0v) is 7.46. The van der Waals surface area contributed by atoms with E-state index in [-0.39, 0.29) is 11.5 Å². The number of nitrogens with zero attached hydrogens (tertiary/aromatic N) is 2. The Morgan fingerprint density at radius 3 is 2.58 bits per heavy atom. The molecular weight excluding hydrogens is 156 g/mol. The summed E-state index contributed by atoms with van der Waals surface area (Å²) in [6.45, 7) is 1.80. The van der Waals surface area contributed by atoms with Gasteiger partial charge in [0.15, 0.2) is 5.78 Å². The molecule has 1 aliphatic heterocycles. The van der Waals surface area contributed by atoms with E-state index in [2.05, 4.69) is 4.99 Å². The highest BCUT2D eigenvalue weighted by Gasteiger charge is 2.27. The van der Waals surface area contributed by atoms with Crippen molar-refractivity contribution in [2.45, 2.75) is 6.92 Å². The van der Waals surface area contributed by atoms with Crippen LogP contribution in [0.2, 0.25) is 0 Å². The van der Waals surface area contributed by atoms with Crippen LogP contribution in [0.1, 0.15) is 6.92 Å². The van der Waals surface area contributed by atoms with Gasteiger partial charge < -0.3 is 10.0 Å². The van der Waals surface area contributed by atoms with E-state index < -0.39 is 0 Å². The van der Waals surface area contributed by atoms with Gasteiger partial charge in [0.1, 0.15) is 11.6 Å². The van der Waals surface area contributed by atoms with Gasteiger partial charge in [-0.15, -0.1) is 0 Å².